The van der Waals surface area contributed by atoms with E-state index in [-0.39, 0.29) is 20.4 Å². The summed E-state index contributed by atoms with van der Waals surface area (Å²) in [5.41, 5.74) is 1.58. The number of anilines is 2. The van der Waals surface area contributed by atoms with Crippen molar-refractivity contribution in [1.29, 1.82) is 0 Å². The summed E-state index contributed by atoms with van der Waals surface area (Å²) in [4.78, 5) is 12.7. The third kappa shape index (κ3) is 5.51. The molecule has 4 rings (SSSR count). The average Bonchev–Trinajstić information content (AvgIpc) is 3.37. The van der Waals surface area contributed by atoms with Gasteiger partial charge in [-0.1, -0.05) is 29.8 Å². The fourth-order valence-corrected chi connectivity index (χ4v) is 6.90. The number of amides is 1. The highest BCUT2D eigenvalue weighted by Gasteiger charge is 2.27. The zero-order valence-corrected chi connectivity index (χ0v) is 21.3. The second kappa shape index (κ2) is 9.98. The van der Waals surface area contributed by atoms with Crippen molar-refractivity contribution in [3.63, 3.8) is 0 Å². The van der Waals surface area contributed by atoms with Crippen LogP contribution in [0, 0.1) is 6.92 Å². The maximum Gasteiger partial charge on any atom is 0.263 e. The molecular formula is C24H24ClN3O5S2. The monoisotopic (exact) mass is 533 g/mol. The third-order valence-corrected chi connectivity index (χ3v) is 9.45. The lowest BCUT2D eigenvalue weighted by Crippen LogP contribution is -2.27. The highest BCUT2D eigenvalue weighted by atomic mass is 35.5. The predicted molar refractivity (Wildman–Crippen MR) is 136 cm³/mol. The number of sulfonamides is 2. The Bertz CT molecular complexity index is 1470. The molecule has 0 unspecified atom stereocenters. The molecular weight excluding hydrogens is 510 g/mol. The number of rotatable bonds is 7. The Labute approximate surface area is 210 Å². The smallest absolute Gasteiger partial charge is 0.263 e. The molecule has 0 atom stereocenters. The van der Waals surface area contributed by atoms with Crippen LogP contribution in [0.15, 0.2) is 76.5 Å². The van der Waals surface area contributed by atoms with Gasteiger partial charge in [0.2, 0.25) is 10.0 Å². The molecule has 0 spiro atoms. The normalized spacial score (nSPS) is 14.6. The van der Waals surface area contributed by atoms with Crippen LogP contribution < -0.4 is 10.0 Å². The van der Waals surface area contributed by atoms with Crippen LogP contribution in [-0.2, 0) is 20.0 Å². The SMILES string of the molecule is Cc1ccccc1NS(=O)(=O)c1cc(C(=O)Nc2ccc(S(=O)(=O)N3CCCC3)cc2)ccc1Cl. The highest BCUT2D eigenvalue weighted by Crippen LogP contribution is 2.27. The second-order valence-electron chi connectivity index (χ2n) is 8.16. The third-order valence-electron chi connectivity index (χ3n) is 5.69. The van der Waals surface area contributed by atoms with Crippen LogP contribution in [0.2, 0.25) is 5.02 Å². The Morgan fingerprint density at radius 3 is 2.23 bits per heavy atom. The van der Waals surface area contributed by atoms with E-state index in [4.69, 9.17) is 11.6 Å². The maximum atomic E-state index is 13.0. The maximum absolute atomic E-state index is 13.0. The van der Waals surface area contributed by atoms with Gasteiger partial charge in [-0.05, 0) is 73.9 Å². The van der Waals surface area contributed by atoms with Crippen LogP contribution in [0.3, 0.4) is 0 Å². The number of halogens is 1. The van der Waals surface area contributed by atoms with Crippen molar-refractivity contribution in [3.8, 4) is 0 Å². The van der Waals surface area contributed by atoms with Gasteiger partial charge in [0.15, 0.2) is 0 Å². The summed E-state index contributed by atoms with van der Waals surface area (Å²) in [6.45, 7) is 2.77. The van der Waals surface area contributed by atoms with Gasteiger partial charge in [0.25, 0.3) is 15.9 Å². The number of nitrogens with one attached hydrogen (secondary N) is 2. The van der Waals surface area contributed by atoms with E-state index in [1.807, 2.05) is 0 Å². The van der Waals surface area contributed by atoms with Crippen LogP contribution in [0.25, 0.3) is 0 Å². The first-order valence-electron chi connectivity index (χ1n) is 10.9. The van der Waals surface area contributed by atoms with Gasteiger partial charge in [-0.2, -0.15) is 4.31 Å². The molecule has 3 aromatic rings. The Balaban J connectivity index is 1.52. The molecule has 35 heavy (non-hydrogen) atoms. The molecule has 1 aliphatic heterocycles. The number of hydrogen-bond donors (Lipinski definition) is 2. The molecule has 11 heteroatoms. The number of hydrogen-bond acceptors (Lipinski definition) is 5. The van der Waals surface area contributed by atoms with E-state index in [9.17, 15) is 21.6 Å². The lowest BCUT2D eigenvalue weighted by Gasteiger charge is -2.16. The minimum absolute atomic E-state index is 0.0286. The van der Waals surface area contributed by atoms with Crippen LogP contribution in [0.5, 0.6) is 0 Å². The standard InChI is InChI=1S/C24H24ClN3O5S2/c1-17-6-2-3-7-22(17)27-34(30,31)23-16-18(8-13-21(23)25)24(29)26-19-9-11-20(12-10-19)35(32,33)28-14-4-5-15-28/h2-3,6-13,16,27H,4-5,14-15H2,1H3,(H,26,29). The predicted octanol–water partition coefficient (Wildman–Crippen LogP) is 4.49. The van der Waals surface area contributed by atoms with Gasteiger partial charge in [0.05, 0.1) is 15.6 Å². The van der Waals surface area contributed by atoms with Crippen LogP contribution in [0.4, 0.5) is 11.4 Å². The number of nitrogens with zero attached hydrogens (tertiary/aromatic N) is 1. The average molecular weight is 534 g/mol. The number of aryl methyl sites for hydroxylation is 1. The van der Waals surface area contributed by atoms with Crippen molar-refractivity contribution in [2.75, 3.05) is 23.1 Å². The van der Waals surface area contributed by atoms with Crippen molar-refractivity contribution < 1.29 is 21.6 Å². The summed E-state index contributed by atoms with van der Waals surface area (Å²) in [7, 11) is -7.62. The number of carbonyl (C=O) groups excluding carboxylic acids is 1. The van der Waals surface area contributed by atoms with Gasteiger partial charge >= 0.3 is 0 Å². The summed E-state index contributed by atoms with van der Waals surface area (Å²) >= 11 is 6.15. The van der Waals surface area contributed by atoms with E-state index in [2.05, 4.69) is 10.0 Å². The molecule has 0 radical (unpaired) electrons. The van der Waals surface area contributed by atoms with Gasteiger partial charge in [-0.15, -0.1) is 0 Å². The van der Waals surface area contributed by atoms with E-state index >= 15 is 0 Å². The molecule has 0 bridgehead atoms. The quantitative estimate of drug-likeness (QED) is 0.465. The van der Waals surface area contributed by atoms with E-state index in [0.717, 1.165) is 18.4 Å². The Morgan fingerprint density at radius 2 is 1.57 bits per heavy atom. The molecule has 0 aromatic heterocycles. The Hall–Kier alpha value is -2.92. The molecule has 1 saturated heterocycles. The zero-order chi connectivity index (χ0) is 25.2. The lowest BCUT2D eigenvalue weighted by molar-refractivity contribution is 0.102. The summed E-state index contributed by atoms with van der Waals surface area (Å²) in [6.07, 6.45) is 1.68. The minimum Gasteiger partial charge on any atom is -0.322 e. The molecule has 3 aromatic carbocycles. The Morgan fingerprint density at radius 1 is 0.914 bits per heavy atom. The van der Waals surface area contributed by atoms with Crippen molar-refractivity contribution in [2.45, 2.75) is 29.6 Å². The Kier molecular flexibility index (Phi) is 7.18. The molecule has 1 aliphatic rings. The fourth-order valence-electron chi connectivity index (χ4n) is 3.73. The number of carbonyl (C=O) groups is 1. The first kappa shape index (κ1) is 25.2. The molecule has 0 aliphatic carbocycles. The first-order valence-corrected chi connectivity index (χ1v) is 14.2. The molecule has 0 saturated carbocycles. The molecule has 8 nitrogen and oxygen atoms in total. The largest absolute Gasteiger partial charge is 0.322 e. The summed E-state index contributed by atoms with van der Waals surface area (Å²) in [6, 6.07) is 16.7. The summed E-state index contributed by atoms with van der Waals surface area (Å²) in [5, 5.41) is 2.63. The van der Waals surface area contributed by atoms with Crippen molar-refractivity contribution in [2.24, 2.45) is 0 Å². The topological polar surface area (TPSA) is 113 Å². The molecule has 1 fully saturated rings. The number of para-hydroxylation sites is 1. The molecule has 2 N–H and O–H groups in total. The first-order chi connectivity index (χ1) is 16.6. The molecule has 1 heterocycles. The summed E-state index contributed by atoms with van der Waals surface area (Å²) in [5.74, 6) is -0.566. The lowest BCUT2D eigenvalue weighted by atomic mass is 10.2. The minimum atomic E-state index is -4.06. The van der Waals surface area contributed by atoms with Gasteiger partial charge in [0, 0.05) is 24.3 Å². The molecule has 1 amide bonds. The summed E-state index contributed by atoms with van der Waals surface area (Å²) < 4.78 is 55.2. The van der Waals surface area contributed by atoms with Crippen LogP contribution in [-0.4, -0.2) is 40.1 Å². The highest BCUT2D eigenvalue weighted by molar-refractivity contribution is 7.92. The van der Waals surface area contributed by atoms with Gasteiger partial charge in [-0.25, -0.2) is 16.8 Å². The van der Waals surface area contributed by atoms with Gasteiger partial charge < -0.3 is 5.32 Å². The van der Waals surface area contributed by atoms with E-state index in [1.54, 1.807) is 31.2 Å². The number of benzene rings is 3. The zero-order valence-electron chi connectivity index (χ0n) is 18.9. The van der Waals surface area contributed by atoms with E-state index < -0.39 is 26.0 Å². The van der Waals surface area contributed by atoms with Gasteiger partial charge in [-0.3, -0.25) is 9.52 Å². The van der Waals surface area contributed by atoms with Crippen molar-refractivity contribution in [3.05, 3.63) is 82.9 Å². The van der Waals surface area contributed by atoms with Crippen molar-refractivity contribution >= 4 is 48.9 Å². The second-order valence-corrected chi connectivity index (χ2v) is 12.2. The van der Waals surface area contributed by atoms with Crippen LogP contribution in [0.1, 0.15) is 28.8 Å². The molecule has 184 valence electrons. The van der Waals surface area contributed by atoms with E-state index in [0.29, 0.717) is 24.5 Å². The van der Waals surface area contributed by atoms with Gasteiger partial charge in [0.1, 0.15) is 4.90 Å². The van der Waals surface area contributed by atoms with E-state index in [1.165, 1.54) is 46.8 Å². The van der Waals surface area contributed by atoms with Crippen LogP contribution >= 0.6 is 11.6 Å². The van der Waals surface area contributed by atoms with Crippen molar-refractivity contribution in [1.82, 2.24) is 4.31 Å². The fraction of sp³-hybridized carbons (Fsp3) is 0.208.